The van der Waals surface area contributed by atoms with Crippen molar-refractivity contribution in [2.45, 2.75) is 36.7 Å². The SMILES string of the molecule is C[C@@H](NC(c1ccccc1)c1ccccc1)C(=O)Nc1ccc(S(=O)(=O)N2CCCC2)cc1. The molecule has 0 aliphatic carbocycles. The van der Waals surface area contributed by atoms with Crippen molar-refractivity contribution in [1.82, 2.24) is 9.62 Å². The van der Waals surface area contributed by atoms with Gasteiger partial charge in [-0.1, -0.05) is 60.7 Å². The molecule has 0 aromatic heterocycles. The zero-order chi connectivity index (χ0) is 23.3. The molecular formula is C26H29N3O3S. The summed E-state index contributed by atoms with van der Waals surface area (Å²) in [5.41, 5.74) is 2.70. The zero-order valence-electron chi connectivity index (χ0n) is 18.6. The number of carbonyl (C=O) groups is 1. The maximum atomic E-state index is 12.9. The van der Waals surface area contributed by atoms with Gasteiger partial charge in [-0.2, -0.15) is 4.31 Å². The molecule has 1 atom stereocenters. The molecule has 0 unspecified atom stereocenters. The van der Waals surface area contributed by atoms with E-state index >= 15 is 0 Å². The summed E-state index contributed by atoms with van der Waals surface area (Å²) in [6.07, 6.45) is 1.79. The second-order valence-corrected chi connectivity index (χ2v) is 10.2. The molecule has 1 aliphatic rings. The van der Waals surface area contributed by atoms with E-state index in [9.17, 15) is 13.2 Å². The molecule has 3 aromatic rings. The number of hydrogen-bond acceptors (Lipinski definition) is 4. The summed E-state index contributed by atoms with van der Waals surface area (Å²) >= 11 is 0. The third-order valence-electron chi connectivity index (χ3n) is 5.90. The van der Waals surface area contributed by atoms with Gasteiger partial charge in [-0.25, -0.2) is 8.42 Å². The van der Waals surface area contributed by atoms with Crippen molar-refractivity contribution in [2.24, 2.45) is 0 Å². The fourth-order valence-corrected chi connectivity index (χ4v) is 5.56. The Kier molecular flexibility index (Phi) is 7.23. The van der Waals surface area contributed by atoms with Crippen LogP contribution in [0.1, 0.15) is 36.9 Å². The van der Waals surface area contributed by atoms with E-state index in [1.165, 1.54) is 4.31 Å². The van der Waals surface area contributed by atoms with Crippen LogP contribution in [0, 0.1) is 0 Å². The van der Waals surface area contributed by atoms with Gasteiger partial charge in [0.25, 0.3) is 0 Å². The van der Waals surface area contributed by atoms with E-state index in [0.717, 1.165) is 24.0 Å². The highest BCUT2D eigenvalue weighted by Crippen LogP contribution is 2.24. The standard InChI is InChI=1S/C26H29N3O3S/c1-20(27-25(21-10-4-2-5-11-21)22-12-6-3-7-13-22)26(30)28-23-14-16-24(17-15-23)33(31,32)29-18-8-9-19-29/h2-7,10-17,20,25,27H,8-9,18-19H2,1H3,(H,28,30)/t20-/m1/s1. The maximum absolute atomic E-state index is 12.9. The fraction of sp³-hybridized carbons (Fsp3) is 0.269. The Morgan fingerprint density at radius 2 is 1.33 bits per heavy atom. The molecule has 4 rings (SSSR count). The molecule has 0 saturated carbocycles. The summed E-state index contributed by atoms with van der Waals surface area (Å²) in [6.45, 7) is 2.95. The van der Waals surface area contributed by atoms with Crippen LogP contribution < -0.4 is 10.6 Å². The maximum Gasteiger partial charge on any atom is 0.243 e. The van der Waals surface area contributed by atoms with E-state index in [1.54, 1.807) is 24.3 Å². The van der Waals surface area contributed by atoms with Gasteiger partial charge in [0.2, 0.25) is 15.9 Å². The molecular weight excluding hydrogens is 434 g/mol. The van der Waals surface area contributed by atoms with Crippen LogP contribution in [0.2, 0.25) is 0 Å². The molecule has 1 heterocycles. The number of carbonyl (C=O) groups excluding carboxylic acids is 1. The van der Waals surface area contributed by atoms with Gasteiger partial charge >= 0.3 is 0 Å². The lowest BCUT2D eigenvalue weighted by Crippen LogP contribution is -2.40. The van der Waals surface area contributed by atoms with Gasteiger partial charge in [0.05, 0.1) is 17.0 Å². The lowest BCUT2D eigenvalue weighted by atomic mass is 9.98. The quantitative estimate of drug-likeness (QED) is 0.525. The van der Waals surface area contributed by atoms with Crippen molar-refractivity contribution < 1.29 is 13.2 Å². The van der Waals surface area contributed by atoms with Crippen LogP contribution in [0.5, 0.6) is 0 Å². The lowest BCUT2D eigenvalue weighted by Gasteiger charge is -2.24. The third-order valence-corrected chi connectivity index (χ3v) is 7.81. The van der Waals surface area contributed by atoms with E-state index in [4.69, 9.17) is 0 Å². The van der Waals surface area contributed by atoms with Crippen LogP contribution in [-0.2, 0) is 14.8 Å². The molecule has 1 fully saturated rings. The van der Waals surface area contributed by atoms with Gasteiger partial charge in [0.1, 0.15) is 0 Å². The minimum absolute atomic E-state index is 0.138. The van der Waals surface area contributed by atoms with E-state index in [2.05, 4.69) is 10.6 Å². The first kappa shape index (κ1) is 23.2. The Morgan fingerprint density at radius 3 is 1.85 bits per heavy atom. The van der Waals surface area contributed by atoms with Crippen molar-refractivity contribution in [2.75, 3.05) is 18.4 Å². The van der Waals surface area contributed by atoms with Crippen molar-refractivity contribution in [3.63, 3.8) is 0 Å². The monoisotopic (exact) mass is 463 g/mol. The highest BCUT2D eigenvalue weighted by molar-refractivity contribution is 7.89. The van der Waals surface area contributed by atoms with Crippen LogP contribution in [0.4, 0.5) is 5.69 Å². The first-order chi connectivity index (χ1) is 15.9. The second kappa shape index (κ2) is 10.3. The van der Waals surface area contributed by atoms with Crippen molar-refractivity contribution in [3.8, 4) is 0 Å². The van der Waals surface area contributed by atoms with Crippen LogP contribution in [0.3, 0.4) is 0 Å². The van der Waals surface area contributed by atoms with Crippen molar-refractivity contribution in [3.05, 3.63) is 96.1 Å². The first-order valence-corrected chi connectivity index (χ1v) is 12.7. The summed E-state index contributed by atoms with van der Waals surface area (Å²) in [5.74, 6) is -0.193. The average Bonchev–Trinajstić information content (AvgIpc) is 3.40. The molecule has 0 bridgehead atoms. The zero-order valence-corrected chi connectivity index (χ0v) is 19.5. The van der Waals surface area contributed by atoms with Crippen LogP contribution >= 0.6 is 0 Å². The molecule has 6 nitrogen and oxygen atoms in total. The molecule has 1 saturated heterocycles. The topological polar surface area (TPSA) is 78.5 Å². The second-order valence-electron chi connectivity index (χ2n) is 8.27. The van der Waals surface area contributed by atoms with Crippen LogP contribution in [-0.4, -0.2) is 37.8 Å². The van der Waals surface area contributed by atoms with E-state index < -0.39 is 16.1 Å². The van der Waals surface area contributed by atoms with Gasteiger partial charge in [0, 0.05) is 18.8 Å². The number of benzene rings is 3. The molecule has 2 N–H and O–H groups in total. The predicted octanol–water partition coefficient (Wildman–Crippen LogP) is 4.18. The van der Waals surface area contributed by atoms with Gasteiger partial charge < -0.3 is 5.32 Å². The van der Waals surface area contributed by atoms with Crippen LogP contribution in [0.25, 0.3) is 0 Å². The highest BCUT2D eigenvalue weighted by atomic mass is 32.2. The van der Waals surface area contributed by atoms with Crippen LogP contribution in [0.15, 0.2) is 89.8 Å². The van der Waals surface area contributed by atoms with Crippen molar-refractivity contribution >= 4 is 21.6 Å². The van der Waals surface area contributed by atoms with Crippen molar-refractivity contribution in [1.29, 1.82) is 0 Å². The normalized spacial score (nSPS) is 15.5. The molecule has 33 heavy (non-hydrogen) atoms. The van der Waals surface area contributed by atoms with Gasteiger partial charge in [-0.05, 0) is 55.2 Å². The molecule has 1 aliphatic heterocycles. The van der Waals surface area contributed by atoms with Gasteiger partial charge in [-0.3, -0.25) is 10.1 Å². The summed E-state index contributed by atoms with van der Waals surface area (Å²) in [5, 5.41) is 6.32. The van der Waals surface area contributed by atoms with E-state index in [-0.39, 0.29) is 16.8 Å². The smallest absolute Gasteiger partial charge is 0.243 e. The van der Waals surface area contributed by atoms with Gasteiger partial charge in [-0.15, -0.1) is 0 Å². The molecule has 3 aromatic carbocycles. The minimum Gasteiger partial charge on any atom is -0.325 e. The molecule has 7 heteroatoms. The van der Waals surface area contributed by atoms with E-state index in [1.807, 2.05) is 67.6 Å². The summed E-state index contributed by atoms with van der Waals surface area (Å²) in [4.78, 5) is 13.2. The minimum atomic E-state index is -3.47. The Morgan fingerprint density at radius 1 is 0.818 bits per heavy atom. The predicted molar refractivity (Wildman–Crippen MR) is 130 cm³/mol. The highest BCUT2D eigenvalue weighted by Gasteiger charge is 2.27. The first-order valence-electron chi connectivity index (χ1n) is 11.2. The number of nitrogens with one attached hydrogen (secondary N) is 2. The number of anilines is 1. The average molecular weight is 464 g/mol. The fourth-order valence-electron chi connectivity index (χ4n) is 4.04. The summed E-state index contributed by atoms with van der Waals surface area (Å²) < 4.78 is 26.9. The Balaban J connectivity index is 1.44. The Bertz CT molecular complexity index is 1120. The lowest BCUT2D eigenvalue weighted by molar-refractivity contribution is -0.117. The molecule has 0 radical (unpaired) electrons. The summed E-state index contributed by atoms with van der Waals surface area (Å²) in [6, 6.07) is 25.8. The molecule has 1 amide bonds. The molecule has 172 valence electrons. The van der Waals surface area contributed by atoms with E-state index in [0.29, 0.717) is 18.8 Å². The Labute approximate surface area is 195 Å². The number of amides is 1. The molecule has 0 spiro atoms. The summed E-state index contributed by atoms with van der Waals surface area (Å²) in [7, 11) is -3.47. The number of rotatable bonds is 8. The third kappa shape index (κ3) is 5.50. The number of sulfonamides is 1. The largest absolute Gasteiger partial charge is 0.325 e. The van der Waals surface area contributed by atoms with Gasteiger partial charge in [0.15, 0.2) is 0 Å². The Hall–Kier alpha value is -3.00. The number of nitrogens with zero attached hydrogens (tertiary/aromatic N) is 1. The number of hydrogen-bond donors (Lipinski definition) is 2.